The Kier molecular flexibility index (Phi) is 8.65. The fourth-order valence-electron chi connectivity index (χ4n) is 6.19. The summed E-state index contributed by atoms with van der Waals surface area (Å²) in [6, 6.07) is 14.5. The molecular weight excluding hydrogens is 617 g/mol. The lowest BCUT2D eigenvalue weighted by atomic mass is 9.89. The van der Waals surface area contributed by atoms with Gasteiger partial charge in [-0.1, -0.05) is 29.8 Å². The highest BCUT2D eigenvalue weighted by Gasteiger charge is 2.39. The van der Waals surface area contributed by atoms with Crippen LogP contribution in [0.2, 0.25) is 5.02 Å². The summed E-state index contributed by atoms with van der Waals surface area (Å²) in [4.78, 5) is 56.1. The molecule has 13 heteroatoms. The molecule has 1 saturated heterocycles. The highest BCUT2D eigenvalue weighted by atomic mass is 35.5. The van der Waals surface area contributed by atoms with Gasteiger partial charge in [0.05, 0.1) is 22.4 Å². The van der Waals surface area contributed by atoms with Crippen molar-refractivity contribution in [1.29, 1.82) is 0 Å². The number of nitrogens with one attached hydrogen (secondary N) is 2. The first-order valence-electron chi connectivity index (χ1n) is 14.8. The highest BCUT2D eigenvalue weighted by Crippen LogP contribution is 2.38. The molecule has 2 amide bonds. The van der Waals surface area contributed by atoms with Gasteiger partial charge in [0.25, 0.3) is 17.4 Å². The second-order valence-corrected chi connectivity index (χ2v) is 11.6. The highest BCUT2D eigenvalue weighted by molar-refractivity contribution is 6.30. The molecule has 1 fully saturated rings. The van der Waals surface area contributed by atoms with Crippen LogP contribution >= 0.6 is 11.6 Å². The standard InChI is InChI=1S/C33H31ClFN5O6/c1-46-21-12-15-38(16-13-21)26-6-2-4-23-22(26)14-17-39(29(23)31(42)36-20-10-8-19(9-11-20)33(44)45)32(43)24-18-40(37-30(24)41)27-7-3-5-25(34)28(27)35/h2-11,18,21,29H,12-17H2,1H3,(H,36,42)(H,37,41)(H,44,45). The number of carboxylic acid groups (broad SMARTS) is 1. The average molecular weight is 648 g/mol. The number of aromatic carboxylic acids is 1. The second-order valence-electron chi connectivity index (χ2n) is 11.2. The fraction of sp³-hybridized carbons (Fsp3) is 0.273. The van der Waals surface area contributed by atoms with Crippen LogP contribution < -0.4 is 15.8 Å². The summed E-state index contributed by atoms with van der Waals surface area (Å²) in [5.74, 6) is -3.12. The first-order chi connectivity index (χ1) is 22.2. The summed E-state index contributed by atoms with van der Waals surface area (Å²) in [6.45, 7) is 1.67. The van der Waals surface area contributed by atoms with Gasteiger partial charge in [0.15, 0.2) is 5.82 Å². The van der Waals surface area contributed by atoms with Crippen molar-refractivity contribution >= 4 is 40.8 Å². The van der Waals surface area contributed by atoms with Crippen molar-refractivity contribution in [3.05, 3.63) is 110 Å². The van der Waals surface area contributed by atoms with Crippen LogP contribution in [0.4, 0.5) is 15.8 Å². The maximum absolute atomic E-state index is 14.8. The molecule has 1 aromatic heterocycles. The van der Waals surface area contributed by atoms with E-state index in [1.165, 1.54) is 53.6 Å². The molecule has 6 rings (SSSR count). The lowest BCUT2D eigenvalue weighted by Gasteiger charge is -2.40. The Balaban J connectivity index is 1.37. The molecule has 4 aromatic rings. The zero-order chi connectivity index (χ0) is 32.5. The lowest BCUT2D eigenvalue weighted by molar-refractivity contribution is -0.121. The number of halogens is 2. The predicted molar refractivity (Wildman–Crippen MR) is 170 cm³/mol. The monoisotopic (exact) mass is 647 g/mol. The van der Waals surface area contributed by atoms with E-state index in [2.05, 4.69) is 15.3 Å². The molecule has 0 bridgehead atoms. The minimum atomic E-state index is -1.13. The van der Waals surface area contributed by atoms with E-state index in [4.69, 9.17) is 16.3 Å². The number of benzene rings is 3. The van der Waals surface area contributed by atoms with E-state index < -0.39 is 35.2 Å². The van der Waals surface area contributed by atoms with Gasteiger partial charge < -0.3 is 25.0 Å². The van der Waals surface area contributed by atoms with Gasteiger partial charge in [-0.3, -0.25) is 24.2 Å². The molecule has 1 unspecified atom stereocenters. The number of piperidine rings is 1. The topological polar surface area (TPSA) is 137 Å². The number of methoxy groups -OCH3 is 1. The Morgan fingerprint density at radius 3 is 2.39 bits per heavy atom. The van der Waals surface area contributed by atoms with Gasteiger partial charge in [0.2, 0.25) is 0 Å². The number of ether oxygens (including phenoxy) is 1. The number of H-pyrrole nitrogens is 1. The number of rotatable bonds is 7. The number of carbonyl (C=O) groups excluding carboxylic acids is 2. The van der Waals surface area contributed by atoms with E-state index >= 15 is 0 Å². The third-order valence-electron chi connectivity index (χ3n) is 8.57. The molecule has 11 nitrogen and oxygen atoms in total. The van der Waals surface area contributed by atoms with Gasteiger partial charge in [-0.05, 0) is 72.9 Å². The number of hydrogen-bond acceptors (Lipinski definition) is 6. The number of amides is 2. The molecule has 3 N–H and O–H groups in total. The lowest BCUT2D eigenvalue weighted by Crippen LogP contribution is -2.47. The predicted octanol–water partition coefficient (Wildman–Crippen LogP) is 4.65. The van der Waals surface area contributed by atoms with E-state index in [1.807, 2.05) is 12.1 Å². The number of aromatic nitrogens is 2. The molecule has 2 aliphatic heterocycles. The SMILES string of the molecule is COC1CCN(c2cccc3c2CCN(C(=O)c2cn(-c4cccc(Cl)c4F)[nH]c2=O)C3C(=O)Nc2ccc(C(=O)O)cc2)CC1. The zero-order valence-corrected chi connectivity index (χ0v) is 25.6. The maximum atomic E-state index is 14.8. The van der Waals surface area contributed by atoms with E-state index in [0.717, 1.165) is 41.9 Å². The smallest absolute Gasteiger partial charge is 0.335 e. The summed E-state index contributed by atoms with van der Waals surface area (Å²) in [5, 5.41) is 14.4. The zero-order valence-electron chi connectivity index (χ0n) is 24.8. The van der Waals surface area contributed by atoms with Gasteiger partial charge in [-0.25, -0.2) is 9.18 Å². The van der Waals surface area contributed by atoms with Crippen molar-refractivity contribution in [2.24, 2.45) is 0 Å². The molecule has 3 heterocycles. The van der Waals surface area contributed by atoms with Crippen molar-refractivity contribution in [3.8, 4) is 5.69 Å². The molecule has 0 saturated carbocycles. The van der Waals surface area contributed by atoms with Crippen LogP contribution in [0, 0.1) is 5.82 Å². The minimum Gasteiger partial charge on any atom is -0.478 e. The van der Waals surface area contributed by atoms with Crippen LogP contribution in [-0.4, -0.2) is 70.4 Å². The van der Waals surface area contributed by atoms with Crippen LogP contribution in [0.1, 0.15) is 50.7 Å². The van der Waals surface area contributed by atoms with Gasteiger partial charge in [0.1, 0.15) is 11.6 Å². The number of carboxylic acids is 1. The Labute approximate surface area is 268 Å². The summed E-state index contributed by atoms with van der Waals surface area (Å²) in [5.41, 5.74) is 1.83. The molecular formula is C33H31ClFN5O6. The summed E-state index contributed by atoms with van der Waals surface area (Å²) < 4.78 is 21.4. The third-order valence-corrected chi connectivity index (χ3v) is 8.86. The first-order valence-corrected chi connectivity index (χ1v) is 15.1. The summed E-state index contributed by atoms with van der Waals surface area (Å²) in [6.07, 6.45) is 3.52. The van der Waals surface area contributed by atoms with Crippen molar-refractivity contribution < 1.29 is 28.6 Å². The van der Waals surface area contributed by atoms with E-state index in [0.29, 0.717) is 17.7 Å². The normalized spacial score (nSPS) is 16.6. The van der Waals surface area contributed by atoms with E-state index in [9.17, 15) is 28.7 Å². The molecule has 46 heavy (non-hydrogen) atoms. The molecule has 2 aliphatic rings. The number of anilines is 2. The Morgan fingerprint density at radius 1 is 1.00 bits per heavy atom. The number of aromatic amines is 1. The van der Waals surface area contributed by atoms with Crippen LogP contribution in [0.5, 0.6) is 0 Å². The molecule has 0 aliphatic carbocycles. The van der Waals surface area contributed by atoms with E-state index in [-0.39, 0.29) is 34.5 Å². The van der Waals surface area contributed by atoms with Crippen molar-refractivity contribution in [3.63, 3.8) is 0 Å². The molecule has 0 spiro atoms. The van der Waals surface area contributed by atoms with Crippen molar-refractivity contribution in [1.82, 2.24) is 14.7 Å². The molecule has 3 aromatic carbocycles. The molecule has 238 valence electrons. The van der Waals surface area contributed by atoms with Crippen molar-refractivity contribution in [2.45, 2.75) is 31.4 Å². The van der Waals surface area contributed by atoms with Crippen molar-refractivity contribution in [2.75, 3.05) is 37.0 Å². The fourth-order valence-corrected chi connectivity index (χ4v) is 6.36. The number of nitrogens with zero attached hydrogens (tertiary/aromatic N) is 3. The first kappa shape index (κ1) is 31.1. The quantitative estimate of drug-likeness (QED) is 0.266. The second kappa shape index (κ2) is 12.8. The Morgan fingerprint density at radius 2 is 1.70 bits per heavy atom. The van der Waals surface area contributed by atoms with Gasteiger partial charge in [-0.2, -0.15) is 0 Å². The Hall–Kier alpha value is -4.94. The third kappa shape index (κ3) is 5.88. The largest absolute Gasteiger partial charge is 0.478 e. The van der Waals surface area contributed by atoms with Crippen LogP contribution in [0.15, 0.2) is 71.7 Å². The Bertz CT molecular complexity index is 1860. The van der Waals surface area contributed by atoms with Crippen LogP contribution in [0.3, 0.4) is 0 Å². The summed E-state index contributed by atoms with van der Waals surface area (Å²) >= 11 is 5.93. The number of fused-ring (bicyclic) bond motifs is 1. The molecule has 0 radical (unpaired) electrons. The number of carbonyl (C=O) groups is 3. The average Bonchev–Trinajstić information content (AvgIpc) is 3.46. The van der Waals surface area contributed by atoms with Crippen LogP contribution in [0.25, 0.3) is 5.69 Å². The van der Waals surface area contributed by atoms with Gasteiger partial charge in [-0.15, -0.1) is 0 Å². The van der Waals surface area contributed by atoms with Gasteiger partial charge >= 0.3 is 5.97 Å². The number of hydrogen-bond donors (Lipinski definition) is 3. The summed E-state index contributed by atoms with van der Waals surface area (Å²) in [7, 11) is 1.71. The van der Waals surface area contributed by atoms with Crippen LogP contribution in [-0.2, 0) is 16.0 Å². The minimum absolute atomic E-state index is 0.0476. The maximum Gasteiger partial charge on any atom is 0.335 e. The van der Waals surface area contributed by atoms with E-state index in [1.54, 1.807) is 13.2 Å². The van der Waals surface area contributed by atoms with Gasteiger partial charge in [0, 0.05) is 44.3 Å². The molecule has 1 atom stereocenters.